The molecule has 1 heterocycles. The van der Waals surface area contributed by atoms with Gasteiger partial charge in [-0.05, 0) is 35.6 Å². The number of ether oxygens (including phenoxy) is 1. The van der Waals surface area contributed by atoms with E-state index < -0.39 is 0 Å². The number of nitrogens with one attached hydrogen (secondary N) is 1. The molecule has 1 aromatic carbocycles. The van der Waals surface area contributed by atoms with Gasteiger partial charge in [0.05, 0.1) is 30.1 Å². The second-order valence-electron chi connectivity index (χ2n) is 5.18. The van der Waals surface area contributed by atoms with Gasteiger partial charge in [0, 0.05) is 4.88 Å². The molecule has 21 heavy (non-hydrogen) atoms. The molecule has 0 saturated carbocycles. The fraction of sp³-hybridized carbons (Fsp3) is 0.312. The van der Waals surface area contributed by atoms with Gasteiger partial charge < -0.3 is 15.8 Å². The number of carbonyl (C=O) groups excluding carboxylic acids is 1. The van der Waals surface area contributed by atoms with Crippen molar-refractivity contribution in [2.45, 2.75) is 19.9 Å². The van der Waals surface area contributed by atoms with Crippen LogP contribution in [-0.4, -0.2) is 13.1 Å². The van der Waals surface area contributed by atoms with E-state index in [4.69, 9.17) is 10.5 Å². The van der Waals surface area contributed by atoms with E-state index >= 15 is 0 Å². The predicted octanol–water partition coefficient (Wildman–Crippen LogP) is 3.93. The van der Waals surface area contributed by atoms with E-state index in [0.717, 1.165) is 5.69 Å². The highest BCUT2D eigenvalue weighted by Crippen LogP contribution is 2.32. The number of hydrogen-bond acceptors (Lipinski definition) is 5. The maximum Gasteiger partial charge on any atom is 0.337 e. The highest BCUT2D eigenvalue weighted by Gasteiger charge is 2.18. The minimum atomic E-state index is -0.382. The van der Waals surface area contributed by atoms with E-state index in [9.17, 15) is 4.79 Å². The minimum absolute atomic E-state index is 0.191. The van der Waals surface area contributed by atoms with E-state index in [1.165, 1.54) is 12.0 Å². The van der Waals surface area contributed by atoms with E-state index in [0.29, 0.717) is 17.2 Å². The van der Waals surface area contributed by atoms with Crippen LogP contribution in [0.2, 0.25) is 0 Å². The fourth-order valence-electron chi connectivity index (χ4n) is 2.14. The number of nitrogens with two attached hydrogens (primary N) is 1. The van der Waals surface area contributed by atoms with Crippen molar-refractivity contribution in [1.29, 1.82) is 0 Å². The molecule has 0 bridgehead atoms. The fourth-order valence-corrected chi connectivity index (χ4v) is 3.09. The zero-order valence-electron chi connectivity index (χ0n) is 12.4. The molecule has 2 aromatic rings. The van der Waals surface area contributed by atoms with Crippen LogP contribution in [0.15, 0.2) is 35.7 Å². The maximum absolute atomic E-state index is 11.5. The first-order chi connectivity index (χ1) is 10.0. The van der Waals surface area contributed by atoms with Gasteiger partial charge in [-0.25, -0.2) is 4.79 Å². The summed E-state index contributed by atoms with van der Waals surface area (Å²) in [6, 6.07) is 9.53. The Morgan fingerprint density at radius 3 is 2.62 bits per heavy atom. The normalized spacial score (nSPS) is 12.2. The van der Waals surface area contributed by atoms with Crippen LogP contribution in [0.3, 0.4) is 0 Å². The first-order valence-electron chi connectivity index (χ1n) is 6.80. The van der Waals surface area contributed by atoms with Gasteiger partial charge in [0.1, 0.15) is 0 Å². The van der Waals surface area contributed by atoms with Gasteiger partial charge in [-0.2, -0.15) is 0 Å². The van der Waals surface area contributed by atoms with Crippen LogP contribution in [0, 0.1) is 5.92 Å². The number of esters is 1. The lowest BCUT2D eigenvalue weighted by atomic mass is 10.0. The third-order valence-electron chi connectivity index (χ3n) is 3.30. The summed E-state index contributed by atoms with van der Waals surface area (Å²) in [5.41, 5.74) is 7.88. The summed E-state index contributed by atoms with van der Waals surface area (Å²) in [5.74, 6) is 0.0373. The summed E-state index contributed by atoms with van der Waals surface area (Å²) in [5, 5.41) is 5.53. The summed E-state index contributed by atoms with van der Waals surface area (Å²) in [6.45, 7) is 4.33. The van der Waals surface area contributed by atoms with Gasteiger partial charge in [-0.3, -0.25) is 0 Å². The van der Waals surface area contributed by atoms with Crippen molar-refractivity contribution in [2.75, 3.05) is 18.2 Å². The molecule has 5 heteroatoms. The Balaban J connectivity index is 2.24. The molecular formula is C16H20N2O2S. The first-order valence-corrected chi connectivity index (χ1v) is 7.68. The number of hydrogen-bond donors (Lipinski definition) is 2. The van der Waals surface area contributed by atoms with E-state index in [1.54, 1.807) is 23.5 Å². The molecule has 0 fully saturated rings. The molecule has 4 nitrogen and oxygen atoms in total. The number of carbonyl (C=O) groups is 1. The second kappa shape index (κ2) is 6.63. The Kier molecular flexibility index (Phi) is 4.85. The third-order valence-corrected chi connectivity index (χ3v) is 4.26. The Bertz CT molecular complexity index is 609. The van der Waals surface area contributed by atoms with Crippen molar-refractivity contribution >= 4 is 28.7 Å². The Morgan fingerprint density at radius 1 is 1.33 bits per heavy atom. The van der Waals surface area contributed by atoms with Crippen LogP contribution < -0.4 is 11.1 Å². The quantitative estimate of drug-likeness (QED) is 0.649. The van der Waals surface area contributed by atoms with Gasteiger partial charge in [-0.1, -0.05) is 19.9 Å². The van der Waals surface area contributed by atoms with E-state index in [-0.39, 0.29) is 12.0 Å². The topological polar surface area (TPSA) is 64.3 Å². The monoisotopic (exact) mass is 304 g/mol. The Labute approximate surface area is 128 Å². The molecule has 2 rings (SSSR count). The van der Waals surface area contributed by atoms with Crippen molar-refractivity contribution in [3.05, 3.63) is 46.2 Å². The molecule has 0 spiro atoms. The van der Waals surface area contributed by atoms with E-state index in [2.05, 4.69) is 30.6 Å². The molecule has 1 atom stereocenters. The van der Waals surface area contributed by atoms with Gasteiger partial charge in [-0.15, -0.1) is 11.3 Å². The van der Waals surface area contributed by atoms with Crippen LogP contribution in [0.5, 0.6) is 0 Å². The Morgan fingerprint density at radius 2 is 2.10 bits per heavy atom. The number of benzene rings is 1. The largest absolute Gasteiger partial charge is 0.465 e. The smallest absolute Gasteiger partial charge is 0.337 e. The SMILES string of the molecule is COC(=O)c1ccc(NC(c2cccs2)C(C)C)c(N)c1. The highest BCUT2D eigenvalue weighted by molar-refractivity contribution is 7.10. The first kappa shape index (κ1) is 15.4. The number of thiophene rings is 1. The molecule has 0 aliphatic carbocycles. The van der Waals surface area contributed by atoms with Crippen molar-refractivity contribution in [2.24, 2.45) is 5.92 Å². The number of nitrogen functional groups attached to an aromatic ring is 1. The second-order valence-corrected chi connectivity index (χ2v) is 6.15. The lowest BCUT2D eigenvalue weighted by Crippen LogP contribution is -2.16. The van der Waals surface area contributed by atoms with Gasteiger partial charge in [0.25, 0.3) is 0 Å². The van der Waals surface area contributed by atoms with Crippen molar-refractivity contribution in [3.63, 3.8) is 0 Å². The van der Waals surface area contributed by atoms with Crippen molar-refractivity contribution in [3.8, 4) is 0 Å². The molecule has 0 aliphatic heterocycles. The average Bonchev–Trinajstić information content (AvgIpc) is 2.98. The predicted molar refractivity (Wildman–Crippen MR) is 87.7 cm³/mol. The van der Waals surface area contributed by atoms with Crippen molar-refractivity contribution in [1.82, 2.24) is 0 Å². The van der Waals surface area contributed by atoms with Gasteiger partial charge >= 0.3 is 5.97 Å². The summed E-state index contributed by atoms with van der Waals surface area (Å²) in [7, 11) is 1.36. The van der Waals surface area contributed by atoms with Crippen LogP contribution in [0.1, 0.15) is 35.1 Å². The summed E-state index contributed by atoms with van der Waals surface area (Å²) in [4.78, 5) is 12.8. The van der Waals surface area contributed by atoms with Crippen LogP contribution in [0.25, 0.3) is 0 Å². The molecule has 1 aromatic heterocycles. The number of methoxy groups -OCH3 is 1. The average molecular weight is 304 g/mol. The third kappa shape index (κ3) is 3.55. The summed E-state index contributed by atoms with van der Waals surface area (Å²) >= 11 is 1.72. The maximum atomic E-state index is 11.5. The van der Waals surface area contributed by atoms with Crippen LogP contribution in [-0.2, 0) is 4.74 Å². The molecule has 112 valence electrons. The van der Waals surface area contributed by atoms with Gasteiger partial charge in [0.2, 0.25) is 0 Å². The zero-order chi connectivity index (χ0) is 15.4. The zero-order valence-corrected chi connectivity index (χ0v) is 13.2. The molecule has 0 saturated heterocycles. The lowest BCUT2D eigenvalue weighted by Gasteiger charge is -2.23. The number of rotatable bonds is 5. The van der Waals surface area contributed by atoms with Crippen LogP contribution in [0.4, 0.5) is 11.4 Å². The molecular weight excluding hydrogens is 284 g/mol. The van der Waals surface area contributed by atoms with Crippen LogP contribution >= 0.6 is 11.3 Å². The highest BCUT2D eigenvalue weighted by atomic mass is 32.1. The number of anilines is 2. The molecule has 1 unspecified atom stereocenters. The standard InChI is InChI=1S/C16H20N2O2S/c1-10(2)15(14-5-4-8-21-14)18-13-7-6-11(9-12(13)17)16(19)20-3/h4-10,15,18H,17H2,1-3H3. The molecule has 0 radical (unpaired) electrons. The molecule has 0 amide bonds. The summed E-state index contributed by atoms with van der Waals surface area (Å²) < 4.78 is 4.70. The van der Waals surface area contributed by atoms with Crippen molar-refractivity contribution < 1.29 is 9.53 Å². The Hall–Kier alpha value is -2.01. The van der Waals surface area contributed by atoms with E-state index in [1.807, 2.05) is 12.1 Å². The lowest BCUT2D eigenvalue weighted by molar-refractivity contribution is 0.0601. The molecule has 3 N–H and O–H groups in total. The van der Waals surface area contributed by atoms with Gasteiger partial charge in [0.15, 0.2) is 0 Å². The molecule has 0 aliphatic rings. The minimum Gasteiger partial charge on any atom is -0.465 e. The summed E-state index contributed by atoms with van der Waals surface area (Å²) in [6.07, 6.45) is 0.